The van der Waals surface area contributed by atoms with Crippen molar-refractivity contribution in [3.63, 3.8) is 0 Å². The quantitative estimate of drug-likeness (QED) is 0.357. The van der Waals surface area contributed by atoms with Crippen molar-refractivity contribution in [1.29, 1.82) is 5.26 Å². The molecule has 4 rings (SSSR count). The van der Waals surface area contributed by atoms with Crippen molar-refractivity contribution in [2.24, 2.45) is 5.10 Å². The summed E-state index contributed by atoms with van der Waals surface area (Å²) in [7, 11) is 0. The number of halogens is 1. The molecule has 0 bridgehead atoms. The molecule has 1 N–H and O–H groups in total. The third-order valence-corrected chi connectivity index (χ3v) is 5.91. The van der Waals surface area contributed by atoms with Crippen molar-refractivity contribution in [3.05, 3.63) is 58.6 Å². The lowest BCUT2D eigenvalue weighted by molar-refractivity contribution is -0.139. The van der Waals surface area contributed by atoms with E-state index in [1.165, 1.54) is 24.3 Å². The molecule has 2 heterocycles. The van der Waals surface area contributed by atoms with Crippen LogP contribution in [0.25, 0.3) is 10.2 Å². The van der Waals surface area contributed by atoms with Crippen molar-refractivity contribution in [2.75, 3.05) is 4.90 Å². The molecule has 1 aromatic heterocycles. The van der Waals surface area contributed by atoms with E-state index in [1.54, 1.807) is 30.3 Å². The Morgan fingerprint density at radius 3 is 2.56 bits per heavy atom. The van der Waals surface area contributed by atoms with E-state index >= 15 is 0 Å². The zero-order valence-corrected chi connectivity index (χ0v) is 17.7. The molecule has 3 aromatic rings. The molecule has 1 fully saturated rings. The second-order valence-corrected chi connectivity index (χ2v) is 8.10. The van der Waals surface area contributed by atoms with Gasteiger partial charge in [0.15, 0.2) is 0 Å². The molecule has 158 valence electrons. The number of hydrogen-bond donors (Lipinski definition) is 1. The number of nitrogens with one attached hydrogen (secondary N) is 1. The van der Waals surface area contributed by atoms with Gasteiger partial charge in [0.05, 0.1) is 22.0 Å². The van der Waals surface area contributed by atoms with E-state index in [1.807, 2.05) is 0 Å². The number of thiazole rings is 1. The number of nitriles is 1. The molecule has 11 heteroatoms. The van der Waals surface area contributed by atoms with Gasteiger partial charge in [0.25, 0.3) is 11.8 Å². The average Bonchev–Trinajstić information content (AvgIpc) is 3.20. The molecular formula is C21H12ClN5O4S. The first kappa shape index (κ1) is 21.3. The molecule has 1 aliphatic rings. The number of carbonyl (C=O) groups excluding carboxylic acids is 4. The number of anilines is 1. The fourth-order valence-corrected chi connectivity index (χ4v) is 4.30. The van der Waals surface area contributed by atoms with Crippen LogP contribution in [-0.2, 0) is 19.2 Å². The van der Waals surface area contributed by atoms with Gasteiger partial charge in [-0.3, -0.25) is 19.2 Å². The normalized spacial score (nSPS) is 17.6. The molecule has 0 unspecified atom stereocenters. The van der Waals surface area contributed by atoms with E-state index in [9.17, 15) is 19.2 Å². The number of piperidine rings is 1. The fourth-order valence-electron chi connectivity index (χ4n) is 3.10. The minimum Gasteiger partial charge on any atom is -0.287 e. The van der Waals surface area contributed by atoms with Crippen LogP contribution in [0.5, 0.6) is 0 Å². The molecule has 1 atom stereocenters. The predicted octanol–water partition coefficient (Wildman–Crippen LogP) is 2.56. The summed E-state index contributed by atoms with van der Waals surface area (Å²) in [6.07, 6.45) is -0.495. The van der Waals surface area contributed by atoms with Gasteiger partial charge in [0.2, 0.25) is 5.78 Å². The number of hydrogen-bond acceptors (Lipinski definition) is 8. The fraction of sp³-hybridized carbons (Fsp3) is 0.0952. The minimum absolute atomic E-state index is 0.122. The van der Waals surface area contributed by atoms with Gasteiger partial charge in [-0.05, 0) is 36.4 Å². The lowest BCUT2D eigenvalue weighted by Crippen LogP contribution is -2.55. The number of benzene rings is 2. The Hall–Kier alpha value is -3.94. The van der Waals surface area contributed by atoms with Crippen LogP contribution in [0.4, 0.5) is 5.69 Å². The maximum absolute atomic E-state index is 13.3. The van der Waals surface area contributed by atoms with E-state index in [2.05, 4.69) is 15.5 Å². The molecule has 3 amide bonds. The first-order chi connectivity index (χ1) is 15.4. The van der Waals surface area contributed by atoms with E-state index in [-0.39, 0.29) is 16.4 Å². The molecule has 1 aliphatic heterocycles. The van der Waals surface area contributed by atoms with Crippen LogP contribution >= 0.6 is 22.9 Å². The number of rotatable bonds is 4. The third kappa shape index (κ3) is 3.87. The molecule has 0 saturated carbocycles. The van der Waals surface area contributed by atoms with Crippen LogP contribution in [0.1, 0.15) is 17.3 Å². The molecular weight excluding hydrogens is 454 g/mol. The van der Waals surface area contributed by atoms with Crippen LogP contribution in [0.15, 0.2) is 53.6 Å². The number of para-hydroxylation sites is 1. The number of hydrazone groups is 1. The maximum Gasteiger partial charge on any atom is 0.302 e. The highest BCUT2D eigenvalue weighted by molar-refractivity contribution is 7.19. The average molecular weight is 466 g/mol. The third-order valence-electron chi connectivity index (χ3n) is 4.55. The number of ketones is 1. The Bertz CT molecular complexity index is 1310. The Balaban J connectivity index is 1.81. The van der Waals surface area contributed by atoms with Gasteiger partial charge in [-0.25, -0.2) is 15.3 Å². The first-order valence-corrected chi connectivity index (χ1v) is 10.4. The van der Waals surface area contributed by atoms with Crippen LogP contribution in [0, 0.1) is 11.3 Å². The summed E-state index contributed by atoms with van der Waals surface area (Å²) in [5, 5.41) is 13.1. The molecule has 0 aliphatic carbocycles. The highest BCUT2D eigenvalue weighted by Crippen LogP contribution is 2.33. The van der Waals surface area contributed by atoms with Crippen LogP contribution < -0.4 is 10.3 Å². The Morgan fingerprint density at radius 1 is 1.16 bits per heavy atom. The van der Waals surface area contributed by atoms with Gasteiger partial charge < -0.3 is 0 Å². The summed E-state index contributed by atoms with van der Waals surface area (Å²) >= 11 is 7.02. The predicted molar refractivity (Wildman–Crippen MR) is 117 cm³/mol. The van der Waals surface area contributed by atoms with Gasteiger partial charge in [0, 0.05) is 5.02 Å². The number of nitrogens with zero attached hydrogens (tertiary/aromatic N) is 4. The molecule has 32 heavy (non-hydrogen) atoms. The monoisotopic (exact) mass is 465 g/mol. The molecule has 0 radical (unpaired) electrons. The topological polar surface area (TPSA) is 133 Å². The largest absolute Gasteiger partial charge is 0.302 e. The zero-order chi connectivity index (χ0) is 22.8. The number of imide groups is 1. The summed E-state index contributed by atoms with van der Waals surface area (Å²) in [4.78, 5) is 56.2. The van der Waals surface area contributed by atoms with Crippen molar-refractivity contribution >= 4 is 68.1 Å². The standard InChI is InChI=1S/C21H12ClN5O4S/c22-11-5-7-12(8-6-11)27-20(30)17(26-25-15(28)9-10-23)16(18(29)21(27)31)19-24-13-3-1-2-4-14(13)32-19/h1-8,16H,9H2,(H,25,28)/b26-17+/t16-/m0/s1. The lowest BCUT2D eigenvalue weighted by atomic mass is 9.92. The van der Waals surface area contributed by atoms with Crippen molar-refractivity contribution in [1.82, 2.24) is 10.4 Å². The summed E-state index contributed by atoms with van der Waals surface area (Å²) in [6.45, 7) is 0. The zero-order valence-electron chi connectivity index (χ0n) is 16.1. The van der Waals surface area contributed by atoms with E-state index in [0.29, 0.717) is 15.4 Å². The first-order valence-electron chi connectivity index (χ1n) is 9.17. The van der Waals surface area contributed by atoms with Crippen LogP contribution in [-0.4, -0.2) is 34.2 Å². The SMILES string of the molecule is N#CCC(=O)N/N=C1/C(=O)N(c2ccc(Cl)cc2)C(=O)C(=O)[C@H]1c1nc2ccccc2s1. The van der Waals surface area contributed by atoms with E-state index < -0.39 is 35.8 Å². The van der Waals surface area contributed by atoms with Gasteiger partial charge in [0.1, 0.15) is 23.1 Å². The molecule has 9 nitrogen and oxygen atoms in total. The van der Waals surface area contributed by atoms with Crippen LogP contribution in [0.2, 0.25) is 5.02 Å². The lowest BCUT2D eigenvalue weighted by Gasteiger charge is -2.29. The summed E-state index contributed by atoms with van der Waals surface area (Å²) < 4.78 is 0.753. The summed E-state index contributed by atoms with van der Waals surface area (Å²) in [6, 6.07) is 14.5. The number of amides is 3. The van der Waals surface area contributed by atoms with Crippen molar-refractivity contribution in [2.45, 2.75) is 12.3 Å². The van der Waals surface area contributed by atoms with Crippen LogP contribution in [0.3, 0.4) is 0 Å². The van der Waals surface area contributed by atoms with Gasteiger partial charge in [-0.15, -0.1) is 11.3 Å². The Morgan fingerprint density at radius 2 is 1.88 bits per heavy atom. The highest BCUT2D eigenvalue weighted by atomic mass is 35.5. The molecule has 1 saturated heterocycles. The Kier molecular flexibility index (Phi) is 5.77. The second-order valence-electron chi connectivity index (χ2n) is 6.61. The van der Waals surface area contributed by atoms with E-state index in [4.69, 9.17) is 16.9 Å². The number of fused-ring (bicyclic) bond motifs is 1. The van der Waals surface area contributed by atoms with Gasteiger partial charge in [-0.2, -0.15) is 10.4 Å². The molecule has 2 aromatic carbocycles. The van der Waals surface area contributed by atoms with Gasteiger partial charge >= 0.3 is 5.91 Å². The number of carbonyl (C=O) groups is 4. The number of aromatic nitrogens is 1. The maximum atomic E-state index is 13.3. The highest BCUT2D eigenvalue weighted by Gasteiger charge is 2.48. The minimum atomic E-state index is -1.39. The number of Topliss-reactive ketones (excluding diaryl/α,β-unsaturated/α-hetero) is 1. The second kappa shape index (κ2) is 8.66. The Labute approximate surface area is 189 Å². The van der Waals surface area contributed by atoms with E-state index in [0.717, 1.165) is 16.0 Å². The summed E-state index contributed by atoms with van der Waals surface area (Å²) in [5.41, 5.74) is 2.44. The van der Waals surface area contributed by atoms with Crippen molar-refractivity contribution in [3.8, 4) is 6.07 Å². The smallest absolute Gasteiger partial charge is 0.287 e. The molecule has 0 spiro atoms. The van der Waals surface area contributed by atoms with Gasteiger partial charge in [-0.1, -0.05) is 23.7 Å². The summed E-state index contributed by atoms with van der Waals surface area (Å²) in [5.74, 6) is -5.02. The van der Waals surface area contributed by atoms with Crippen molar-refractivity contribution < 1.29 is 19.2 Å².